The predicted molar refractivity (Wildman–Crippen MR) is 80.9 cm³/mol. The molecule has 3 rings (SSSR count). The van der Waals surface area contributed by atoms with Crippen molar-refractivity contribution in [1.29, 1.82) is 0 Å². The van der Waals surface area contributed by atoms with Gasteiger partial charge in [-0.2, -0.15) is 0 Å². The Kier molecular flexibility index (Phi) is 3.18. The molecule has 0 radical (unpaired) electrons. The third-order valence-electron chi connectivity index (χ3n) is 4.04. The van der Waals surface area contributed by atoms with E-state index in [1.54, 1.807) is 0 Å². The molecule has 0 fully saturated rings. The number of benzene rings is 2. The lowest BCUT2D eigenvalue weighted by Crippen LogP contribution is -2.24. The van der Waals surface area contributed by atoms with Crippen molar-refractivity contribution in [2.24, 2.45) is 5.73 Å². The van der Waals surface area contributed by atoms with E-state index in [1.807, 2.05) is 24.3 Å². The number of nitrogens with zero attached hydrogens (tertiary/aromatic N) is 1. The topological polar surface area (TPSA) is 46.3 Å². The van der Waals surface area contributed by atoms with Gasteiger partial charge in [0.05, 0.1) is 6.04 Å². The monoisotopic (exact) mass is 266 g/mol. The molecule has 102 valence electrons. The molecular formula is C17H18N2O. The zero-order chi connectivity index (χ0) is 14.1. The van der Waals surface area contributed by atoms with Gasteiger partial charge in [-0.15, -0.1) is 0 Å². The zero-order valence-electron chi connectivity index (χ0n) is 11.5. The number of rotatable bonds is 3. The van der Waals surface area contributed by atoms with E-state index in [1.165, 1.54) is 16.8 Å². The van der Waals surface area contributed by atoms with E-state index >= 15 is 0 Å². The van der Waals surface area contributed by atoms with Crippen LogP contribution in [0.1, 0.15) is 34.5 Å². The summed E-state index contributed by atoms with van der Waals surface area (Å²) in [7, 11) is 0. The van der Waals surface area contributed by atoms with Crippen molar-refractivity contribution in [2.45, 2.75) is 19.4 Å². The number of hydrogen-bond acceptors (Lipinski definition) is 2. The average molecular weight is 266 g/mol. The molecule has 3 heteroatoms. The first-order chi connectivity index (χ1) is 9.66. The van der Waals surface area contributed by atoms with Crippen LogP contribution in [0.3, 0.4) is 0 Å². The second-order valence-corrected chi connectivity index (χ2v) is 5.24. The number of nitrogens with two attached hydrogens (primary N) is 1. The molecule has 0 aliphatic carbocycles. The fourth-order valence-corrected chi connectivity index (χ4v) is 2.89. The van der Waals surface area contributed by atoms with Gasteiger partial charge in [0.25, 0.3) is 0 Å². The fourth-order valence-electron chi connectivity index (χ4n) is 2.89. The maximum Gasteiger partial charge on any atom is 0.248 e. The Balaban J connectivity index is 1.91. The minimum atomic E-state index is -0.359. The van der Waals surface area contributed by atoms with Crippen molar-refractivity contribution in [3.05, 3.63) is 65.2 Å². The molecule has 0 saturated carbocycles. The molecule has 0 aromatic heterocycles. The van der Waals surface area contributed by atoms with E-state index in [-0.39, 0.29) is 5.91 Å². The van der Waals surface area contributed by atoms with Gasteiger partial charge in [0.2, 0.25) is 5.91 Å². The third-order valence-corrected chi connectivity index (χ3v) is 4.04. The summed E-state index contributed by atoms with van der Waals surface area (Å²) in [6, 6.07) is 16.6. The Morgan fingerprint density at radius 1 is 1.20 bits per heavy atom. The van der Waals surface area contributed by atoms with Crippen molar-refractivity contribution in [1.82, 2.24) is 0 Å². The summed E-state index contributed by atoms with van der Waals surface area (Å²) < 4.78 is 0. The highest BCUT2D eigenvalue weighted by Gasteiger charge is 2.24. The van der Waals surface area contributed by atoms with Crippen LogP contribution in [0.15, 0.2) is 48.5 Å². The summed E-state index contributed by atoms with van der Waals surface area (Å²) in [5.41, 5.74) is 9.67. The molecule has 0 unspecified atom stereocenters. The quantitative estimate of drug-likeness (QED) is 0.928. The van der Waals surface area contributed by atoms with Gasteiger partial charge in [-0.05, 0) is 42.7 Å². The number of hydrogen-bond donors (Lipinski definition) is 1. The van der Waals surface area contributed by atoms with Crippen molar-refractivity contribution in [2.75, 3.05) is 11.4 Å². The van der Waals surface area contributed by atoms with Gasteiger partial charge in [-0.3, -0.25) is 4.79 Å². The highest BCUT2D eigenvalue weighted by atomic mass is 16.1. The van der Waals surface area contributed by atoms with E-state index in [2.05, 4.69) is 36.1 Å². The van der Waals surface area contributed by atoms with E-state index < -0.39 is 0 Å². The summed E-state index contributed by atoms with van der Waals surface area (Å²) >= 11 is 0. The Morgan fingerprint density at radius 3 is 2.65 bits per heavy atom. The summed E-state index contributed by atoms with van der Waals surface area (Å²) in [4.78, 5) is 13.6. The van der Waals surface area contributed by atoms with E-state index in [9.17, 15) is 4.79 Å². The number of anilines is 1. The Bertz CT molecular complexity index is 637. The fraction of sp³-hybridized carbons (Fsp3) is 0.235. The van der Waals surface area contributed by atoms with Crippen LogP contribution >= 0.6 is 0 Å². The van der Waals surface area contributed by atoms with Crippen LogP contribution in [0.25, 0.3) is 0 Å². The van der Waals surface area contributed by atoms with Gasteiger partial charge in [0.1, 0.15) is 0 Å². The smallest absolute Gasteiger partial charge is 0.248 e. The summed E-state index contributed by atoms with van der Waals surface area (Å²) in [5.74, 6) is -0.359. The van der Waals surface area contributed by atoms with E-state index in [0.29, 0.717) is 11.6 Å². The highest BCUT2D eigenvalue weighted by Crippen LogP contribution is 2.35. The molecule has 3 nitrogen and oxygen atoms in total. The molecule has 1 aliphatic rings. The van der Waals surface area contributed by atoms with Gasteiger partial charge >= 0.3 is 0 Å². The normalized spacial score (nSPS) is 14.9. The van der Waals surface area contributed by atoms with Crippen molar-refractivity contribution in [3.8, 4) is 0 Å². The minimum absolute atomic E-state index is 0.330. The van der Waals surface area contributed by atoms with Gasteiger partial charge in [-0.1, -0.05) is 30.3 Å². The van der Waals surface area contributed by atoms with Gasteiger partial charge < -0.3 is 10.6 Å². The molecule has 1 atom stereocenters. The second kappa shape index (κ2) is 5.00. The molecule has 0 spiro atoms. The van der Waals surface area contributed by atoms with Crippen molar-refractivity contribution < 1.29 is 4.79 Å². The molecular weight excluding hydrogens is 248 g/mol. The predicted octanol–water partition coefficient (Wildman–Crippen LogP) is 2.91. The largest absolute Gasteiger partial charge is 0.366 e. The molecule has 1 aliphatic heterocycles. The van der Waals surface area contributed by atoms with Crippen LogP contribution in [0.2, 0.25) is 0 Å². The number of fused-ring (bicyclic) bond motifs is 1. The van der Waals surface area contributed by atoms with Gasteiger partial charge in [0, 0.05) is 17.8 Å². The van der Waals surface area contributed by atoms with Crippen molar-refractivity contribution >= 4 is 11.6 Å². The zero-order valence-corrected chi connectivity index (χ0v) is 11.5. The first kappa shape index (κ1) is 12.7. The lowest BCUT2D eigenvalue weighted by atomic mass is 10.1. The van der Waals surface area contributed by atoms with Crippen LogP contribution in [0.5, 0.6) is 0 Å². The molecule has 0 bridgehead atoms. The summed E-state index contributed by atoms with van der Waals surface area (Å²) in [6.07, 6.45) is 0.966. The first-order valence-corrected chi connectivity index (χ1v) is 6.91. The minimum Gasteiger partial charge on any atom is -0.366 e. The van der Waals surface area contributed by atoms with Crippen LogP contribution in [0.4, 0.5) is 5.69 Å². The molecule has 20 heavy (non-hydrogen) atoms. The summed E-state index contributed by atoms with van der Waals surface area (Å²) in [6.45, 7) is 3.19. The number of carbonyl (C=O) groups is 1. The molecule has 0 saturated heterocycles. The molecule has 1 heterocycles. The number of primary amides is 1. The lowest BCUT2D eigenvalue weighted by molar-refractivity contribution is 0.1000. The van der Waals surface area contributed by atoms with Gasteiger partial charge in [-0.25, -0.2) is 0 Å². The maximum atomic E-state index is 11.2. The maximum absolute atomic E-state index is 11.2. The second-order valence-electron chi connectivity index (χ2n) is 5.24. The lowest BCUT2D eigenvalue weighted by Gasteiger charge is -2.27. The Hall–Kier alpha value is -2.29. The standard InChI is InChI=1S/C17H18N2O/c1-12(13-5-3-2-4-6-13)19-10-9-14-11-15(17(18)20)7-8-16(14)19/h2-8,11-12H,9-10H2,1H3,(H2,18,20)/t12-/m1/s1. The van der Waals surface area contributed by atoms with Crippen LogP contribution < -0.4 is 10.6 Å². The van der Waals surface area contributed by atoms with Crippen LogP contribution in [0, 0.1) is 0 Å². The summed E-state index contributed by atoms with van der Waals surface area (Å²) in [5, 5.41) is 0. The molecule has 2 N–H and O–H groups in total. The molecule has 2 aromatic rings. The van der Waals surface area contributed by atoms with E-state index in [4.69, 9.17) is 5.73 Å². The van der Waals surface area contributed by atoms with Crippen molar-refractivity contribution in [3.63, 3.8) is 0 Å². The highest BCUT2D eigenvalue weighted by molar-refractivity contribution is 5.93. The molecule has 2 aromatic carbocycles. The first-order valence-electron chi connectivity index (χ1n) is 6.91. The van der Waals surface area contributed by atoms with Gasteiger partial charge in [0.15, 0.2) is 0 Å². The molecule has 1 amide bonds. The van der Waals surface area contributed by atoms with Crippen LogP contribution in [-0.2, 0) is 6.42 Å². The van der Waals surface area contributed by atoms with Crippen LogP contribution in [-0.4, -0.2) is 12.5 Å². The SMILES string of the molecule is C[C@H](c1ccccc1)N1CCc2cc(C(N)=O)ccc21. The Morgan fingerprint density at radius 2 is 1.95 bits per heavy atom. The number of amides is 1. The number of carbonyl (C=O) groups excluding carboxylic acids is 1. The van der Waals surface area contributed by atoms with E-state index in [0.717, 1.165) is 13.0 Å². The third kappa shape index (κ3) is 2.16. The average Bonchev–Trinajstić information content (AvgIpc) is 2.90. The Labute approximate surface area is 119 Å².